The topological polar surface area (TPSA) is 793 Å². The Balaban J connectivity index is 0.641. The van der Waals surface area contributed by atoms with E-state index in [1.807, 2.05) is 13.8 Å². The fourth-order valence-electron chi connectivity index (χ4n) is 24.3. The van der Waals surface area contributed by atoms with Crippen molar-refractivity contribution in [3.8, 4) is 0 Å². The van der Waals surface area contributed by atoms with Gasteiger partial charge in [-0.3, -0.25) is 0 Å². The molecule has 135 heavy (non-hydrogen) atoms. The van der Waals surface area contributed by atoms with Gasteiger partial charge >= 0.3 is 0 Å². The zero-order chi connectivity index (χ0) is 99.4. The van der Waals surface area contributed by atoms with Crippen molar-refractivity contribution in [2.24, 2.45) is 44.3 Å². The first kappa shape index (κ1) is 110. The van der Waals surface area contributed by atoms with Crippen LogP contribution in [-0.4, -0.2) is 518 Å². The summed E-state index contributed by atoms with van der Waals surface area (Å²) < 4.78 is 107. The summed E-state index contributed by atoms with van der Waals surface area (Å²) in [5.74, 6) is -0.248. The molecule has 13 aliphatic rings. The highest BCUT2D eigenvalue weighted by Gasteiger charge is 2.78. The van der Waals surface area contributed by atoms with Crippen LogP contribution < -0.4 is 0 Å². The Labute approximate surface area is 777 Å². The molecule has 0 bridgehead atoms. The van der Waals surface area contributed by atoms with Crippen molar-refractivity contribution in [1.29, 1.82) is 0 Å². The molecule has 0 aromatic heterocycles. The minimum atomic E-state index is -2.21. The molecule has 0 aromatic rings. The minimum absolute atomic E-state index is 0.0708. The second-order valence-corrected chi connectivity index (χ2v) is 41.1. The van der Waals surface area contributed by atoms with Gasteiger partial charge in [-0.1, -0.05) is 67.0 Å². The van der Waals surface area contributed by atoms with Crippen molar-refractivity contribution in [1.82, 2.24) is 0 Å². The minimum Gasteiger partial charge on any atom is -0.394 e. The van der Waals surface area contributed by atoms with Crippen LogP contribution in [0.4, 0.5) is 0 Å². The van der Waals surface area contributed by atoms with Gasteiger partial charge in [-0.05, 0) is 98.7 Å². The maximum atomic E-state index is 13.4. The number of ether oxygens (including phenoxy) is 18. The molecule has 49 nitrogen and oxygen atoms in total. The summed E-state index contributed by atoms with van der Waals surface area (Å²) in [6.07, 6.45) is -82.6. The van der Waals surface area contributed by atoms with E-state index in [9.17, 15) is 158 Å². The van der Waals surface area contributed by atoms with E-state index in [-0.39, 0.29) is 18.3 Å². The normalized spacial score (nSPS) is 53.1. The predicted molar refractivity (Wildman–Crippen MR) is 440 cm³/mol. The Bertz CT molecular complexity index is 3790. The number of fused-ring (bicyclic) bond motifs is 5. The van der Waals surface area contributed by atoms with Gasteiger partial charge in [0.2, 0.25) is 0 Å². The van der Waals surface area contributed by atoms with Gasteiger partial charge in [0.1, 0.15) is 220 Å². The lowest BCUT2D eigenvalue weighted by Crippen LogP contribution is -2.72. The van der Waals surface area contributed by atoms with Crippen molar-refractivity contribution in [2.45, 2.75) is 421 Å². The Morgan fingerprint density at radius 3 is 0.919 bits per heavy atom. The lowest BCUT2D eigenvalue weighted by molar-refractivity contribution is -0.399. The van der Waals surface area contributed by atoms with Crippen molar-refractivity contribution in [3.05, 3.63) is 11.6 Å². The summed E-state index contributed by atoms with van der Waals surface area (Å²) >= 11 is 0. The predicted octanol–water partition coefficient (Wildman–Crippen LogP) is -13.3. The van der Waals surface area contributed by atoms with E-state index in [4.69, 9.17) is 85.3 Å². The summed E-state index contributed by atoms with van der Waals surface area (Å²) in [6, 6.07) is 0. The molecule has 0 amide bonds. The standard InChI is InChI=1S/C86H146O49/c1-29(11-12-43(81(4,5)117)128-79-70(135-74-57(110)49(102)46(99)33(22-89)120-74)63(116)69(39(28-95)126-79)134-78-62(115)54(107)66(36(25-92)125-78)130-73-56(109)48(101)45(98)32(21-88)119-73)30-13-17-84(8)83(30,7)19-41(96)86(10)82(6)16-15-42(80(2,3)40(82)14-18-85(84,86)9)127-71-58(111)50(103)64(34(23-90)121-71)131-75-60(113)52(105)67(37(26-93)123-75)133-77-61(114)53(106)68(38(27-94)124-77)132-76-59(112)51(104)65(35(24-91)122-76)129-72-55(108)47(100)44(97)31(20-87)118-72/h14,29-39,41-79,87-117H,11-13,15-28H2,1-10H3/t29-,30?,31-,32-,33-,34-,35-,36-,37-,38-,39-,41?,42+,43-,44-,45-,46-,47+,48+,49+,50-,51-,52-,53-,54-,55-,56-,57-,58-,59-,60-,61-,62-,63+,64-,65-,66-,67-,68-,69-,70-,71?,72?,73?,74?,75?,76?,77?,78?,79?,82-,83-,84-,85+,86+/m1/s1. The first-order chi connectivity index (χ1) is 63.4. The second kappa shape index (κ2) is 43.1. The second-order valence-electron chi connectivity index (χ2n) is 41.1. The van der Waals surface area contributed by atoms with E-state index in [0.717, 1.165) is 12.0 Å². The van der Waals surface area contributed by atoms with Crippen LogP contribution in [0.25, 0.3) is 0 Å². The van der Waals surface area contributed by atoms with Gasteiger partial charge in [0, 0.05) is 10.8 Å². The number of hydrogen-bond acceptors (Lipinski definition) is 49. The fraction of sp³-hybridized carbons (Fsp3) is 0.977. The summed E-state index contributed by atoms with van der Waals surface area (Å²) in [6.45, 7) is 11.5. The van der Waals surface area contributed by atoms with Crippen LogP contribution in [0.15, 0.2) is 11.6 Å². The molecule has 0 spiro atoms. The molecule has 4 aliphatic carbocycles. The molecule has 11 unspecified atom stereocenters. The van der Waals surface area contributed by atoms with Gasteiger partial charge in [-0.15, -0.1) is 0 Å². The van der Waals surface area contributed by atoms with E-state index < -0.39 is 392 Å². The Morgan fingerprint density at radius 2 is 0.607 bits per heavy atom. The first-order valence-electron chi connectivity index (χ1n) is 46.4. The van der Waals surface area contributed by atoms with Gasteiger partial charge in [-0.2, -0.15) is 0 Å². The van der Waals surface area contributed by atoms with E-state index in [0.29, 0.717) is 38.5 Å². The average molecular weight is 1960 g/mol. The molecular formula is C86H146O49. The molecule has 13 rings (SSSR count). The van der Waals surface area contributed by atoms with Gasteiger partial charge in [-0.25, -0.2) is 0 Å². The third-order valence-electron chi connectivity index (χ3n) is 33.0. The van der Waals surface area contributed by atoms with Crippen LogP contribution in [0.2, 0.25) is 0 Å². The number of allylic oxidation sites excluding steroid dienone is 1. The monoisotopic (exact) mass is 1960 g/mol. The average Bonchev–Trinajstić information content (AvgIpc) is 1.63. The molecule has 3 saturated carbocycles. The van der Waals surface area contributed by atoms with E-state index in [1.54, 1.807) is 0 Å². The molecule has 12 fully saturated rings. The molecule has 49 heteroatoms. The van der Waals surface area contributed by atoms with Gasteiger partial charge in [0.05, 0.1) is 83.4 Å². The Hall–Kier alpha value is -2.22. The van der Waals surface area contributed by atoms with Gasteiger partial charge < -0.3 is 244 Å². The largest absolute Gasteiger partial charge is 0.394 e. The van der Waals surface area contributed by atoms with Crippen molar-refractivity contribution >= 4 is 0 Å². The van der Waals surface area contributed by atoms with Crippen LogP contribution in [-0.2, 0) is 85.3 Å². The fourth-order valence-corrected chi connectivity index (χ4v) is 24.3. The zero-order valence-electron chi connectivity index (χ0n) is 76.7. The molecule has 0 aromatic carbocycles. The van der Waals surface area contributed by atoms with Crippen molar-refractivity contribution in [2.75, 3.05) is 59.5 Å². The molecule has 55 atom stereocenters. The molecule has 9 aliphatic heterocycles. The van der Waals surface area contributed by atoms with Gasteiger partial charge in [0.25, 0.3) is 0 Å². The number of aliphatic hydroxyl groups is 31. The molecule has 9 heterocycles. The zero-order valence-corrected chi connectivity index (χ0v) is 76.7. The highest BCUT2D eigenvalue weighted by molar-refractivity contribution is 5.39. The summed E-state index contributed by atoms with van der Waals surface area (Å²) in [4.78, 5) is 0. The quantitative estimate of drug-likeness (QED) is 0.0278. The lowest BCUT2D eigenvalue weighted by atomic mass is 9.29. The molecular weight excluding hydrogens is 1820 g/mol. The lowest BCUT2D eigenvalue weighted by Gasteiger charge is -2.75. The highest BCUT2D eigenvalue weighted by Crippen LogP contribution is 2.82. The number of rotatable bonds is 32. The van der Waals surface area contributed by atoms with Crippen molar-refractivity contribution in [3.63, 3.8) is 0 Å². The Kier molecular flexibility index (Phi) is 35.1. The maximum absolute atomic E-state index is 13.4. The number of hydrogen-bond donors (Lipinski definition) is 31. The van der Waals surface area contributed by atoms with Gasteiger partial charge in [0.15, 0.2) is 56.6 Å². The SMILES string of the molecule is C[C@H](CC[C@@H](OC1O[C@H](CO)[C@@H](OC2O[C@H](CO)[C@@H](OC3O[C@H](CO)[C@@H](O)[C@H](O)[C@H]3O)[C@H](O)[C@H]2O)[C@H](O)[C@H]1OC1O[C@H](CO)[C@@H](O)[C@H](O)[C@H]1O)C(C)(C)O)C1CC[C@@]2(C)[C@]3(C)CC=C4C(C)(C)[C@@H](OC5O[C@H](CO)[C@@H](OC6O[C@H](CO)[C@@H](OC7O[C@H](CO)[C@@H](OC8O[C@H](CO)[C@@H](OC9O[C@H](CO)[C@@H](O)[C@H](O)[C@H]9O)[C@H](O)[C@H]8O)[C@H](O)[C@H]7O)[C@H](O)[C@H]6O)[C@H](O)[C@H]5O)CC[C@@]4(C)[C@]3(C)C(O)C[C@]12C. The van der Waals surface area contributed by atoms with Crippen LogP contribution in [0, 0.1) is 44.3 Å². The van der Waals surface area contributed by atoms with Crippen LogP contribution in [0.1, 0.15) is 121 Å². The molecule has 0 radical (unpaired) electrons. The van der Waals surface area contributed by atoms with E-state index in [1.165, 1.54) is 13.8 Å². The summed E-state index contributed by atoms with van der Waals surface area (Å²) in [5, 5.41) is 343. The Morgan fingerprint density at radius 1 is 0.326 bits per heavy atom. The third-order valence-corrected chi connectivity index (χ3v) is 33.0. The van der Waals surface area contributed by atoms with E-state index in [2.05, 4.69) is 47.6 Å². The molecule has 9 saturated heterocycles. The molecule has 784 valence electrons. The third kappa shape index (κ3) is 19.7. The van der Waals surface area contributed by atoms with Crippen LogP contribution >= 0.6 is 0 Å². The number of aliphatic hydroxyl groups excluding tert-OH is 30. The van der Waals surface area contributed by atoms with Crippen molar-refractivity contribution < 1.29 is 244 Å². The summed E-state index contributed by atoms with van der Waals surface area (Å²) in [7, 11) is 0. The van der Waals surface area contributed by atoms with Crippen LogP contribution in [0.5, 0.6) is 0 Å². The smallest absolute Gasteiger partial charge is 0.187 e. The van der Waals surface area contributed by atoms with E-state index >= 15 is 0 Å². The maximum Gasteiger partial charge on any atom is 0.187 e. The summed E-state index contributed by atoms with van der Waals surface area (Å²) in [5.41, 5.74) is -4.93. The first-order valence-corrected chi connectivity index (χ1v) is 46.4. The van der Waals surface area contributed by atoms with Crippen LogP contribution in [0.3, 0.4) is 0 Å². The molecule has 31 N–H and O–H groups in total. The highest BCUT2D eigenvalue weighted by atomic mass is 16.8.